The standard InChI is InChI=1S/C17H20FN5O/c1-11-5-4-6-12(9-11)10-13(16-20-22-23-21-16)17(24)19-15-8-3-2-7-14(15)18/h2-9,13,16,20-23H,10H2,1H3,(H,19,24). The zero-order valence-corrected chi connectivity index (χ0v) is 13.3. The molecule has 1 fully saturated rings. The molecule has 5 N–H and O–H groups in total. The van der Waals surface area contributed by atoms with E-state index in [4.69, 9.17) is 0 Å². The van der Waals surface area contributed by atoms with Gasteiger partial charge < -0.3 is 5.32 Å². The van der Waals surface area contributed by atoms with Gasteiger partial charge in [-0.1, -0.05) is 42.0 Å². The minimum absolute atomic E-state index is 0.177. The third-order valence-corrected chi connectivity index (χ3v) is 3.93. The predicted octanol–water partition coefficient (Wildman–Crippen LogP) is 1.37. The van der Waals surface area contributed by atoms with Gasteiger partial charge in [0.2, 0.25) is 5.91 Å². The van der Waals surface area contributed by atoms with Crippen LogP contribution >= 0.6 is 0 Å². The summed E-state index contributed by atoms with van der Waals surface area (Å²) in [5, 5.41) is 2.67. The fraction of sp³-hybridized carbons (Fsp3) is 0.235. The summed E-state index contributed by atoms with van der Waals surface area (Å²) in [5.41, 5.74) is 13.7. The van der Waals surface area contributed by atoms with Crippen LogP contribution in [0.4, 0.5) is 10.1 Å². The molecule has 24 heavy (non-hydrogen) atoms. The van der Waals surface area contributed by atoms with Gasteiger partial charge in [-0.05, 0) is 31.0 Å². The van der Waals surface area contributed by atoms with Gasteiger partial charge >= 0.3 is 0 Å². The Labute approximate surface area is 139 Å². The van der Waals surface area contributed by atoms with Gasteiger partial charge in [-0.2, -0.15) is 11.1 Å². The Hall–Kier alpha value is -2.32. The summed E-state index contributed by atoms with van der Waals surface area (Å²) in [7, 11) is 0. The maximum absolute atomic E-state index is 13.8. The third-order valence-electron chi connectivity index (χ3n) is 3.93. The molecule has 7 heteroatoms. The van der Waals surface area contributed by atoms with E-state index in [0.717, 1.165) is 11.1 Å². The molecule has 2 aromatic carbocycles. The number of nitrogens with one attached hydrogen (secondary N) is 5. The normalized spacial score (nSPS) is 16.1. The van der Waals surface area contributed by atoms with Crippen molar-refractivity contribution in [3.8, 4) is 0 Å². The number of aryl methyl sites for hydroxylation is 1. The first-order valence-corrected chi connectivity index (χ1v) is 7.75. The highest BCUT2D eigenvalue weighted by atomic mass is 19.1. The van der Waals surface area contributed by atoms with Gasteiger partial charge in [0.05, 0.1) is 17.8 Å². The molecule has 2 aromatic rings. The lowest BCUT2D eigenvalue weighted by Gasteiger charge is -2.22. The highest BCUT2D eigenvalue weighted by molar-refractivity contribution is 5.93. The maximum Gasteiger partial charge on any atom is 0.230 e. The van der Waals surface area contributed by atoms with Crippen molar-refractivity contribution in [2.75, 3.05) is 5.32 Å². The zero-order chi connectivity index (χ0) is 16.9. The summed E-state index contributed by atoms with van der Waals surface area (Å²) in [6.07, 6.45) is 0.174. The number of rotatable bonds is 5. The number of hydrazine groups is 3. The first-order chi connectivity index (χ1) is 11.6. The van der Waals surface area contributed by atoms with Gasteiger partial charge in [-0.3, -0.25) is 4.79 Å². The van der Waals surface area contributed by atoms with Crippen LogP contribution in [0.1, 0.15) is 11.1 Å². The monoisotopic (exact) mass is 329 g/mol. The molecule has 1 unspecified atom stereocenters. The molecule has 1 atom stereocenters. The van der Waals surface area contributed by atoms with Gasteiger partial charge in [0, 0.05) is 0 Å². The summed E-state index contributed by atoms with van der Waals surface area (Å²) in [6.45, 7) is 2.01. The van der Waals surface area contributed by atoms with Crippen molar-refractivity contribution in [3.05, 3.63) is 65.5 Å². The Morgan fingerprint density at radius 1 is 1.17 bits per heavy atom. The van der Waals surface area contributed by atoms with Crippen molar-refractivity contribution in [1.82, 2.24) is 21.9 Å². The molecule has 0 spiro atoms. The lowest BCUT2D eigenvalue weighted by atomic mass is 9.94. The Kier molecular flexibility index (Phi) is 5.17. The minimum atomic E-state index is -0.455. The second-order valence-electron chi connectivity index (χ2n) is 5.79. The Morgan fingerprint density at radius 2 is 1.92 bits per heavy atom. The number of para-hydroxylation sites is 1. The molecule has 126 valence electrons. The van der Waals surface area contributed by atoms with Gasteiger partial charge in [-0.25, -0.2) is 15.2 Å². The Morgan fingerprint density at radius 3 is 2.62 bits per heavy atom. The SMILES string of the molecule is Cc1cccc(CC(C(=O)Nc2ccccc2F)C2NNNN2)c1. The minimum Gasteiger partial charge on any atom is -0.323 e. The average Bonchev–Trinajstić information content (AvgIpc) is 3.09. The number of carbonyl (C=O) groups excluding carboxylic acids is 1. The number of halogens is 1. The van der Waals surface area contributed by atoms with E-state index >= 15 is 0 Å². The lowest BCUT2D eigenvalue weighted by molar-refractivity contribution is -0.120. The van der Waals surface area contributed by atoms with Gasteiger partial charge in [-0.15, -0.1) is 0 Å². The quantitative estimate of drug-likeness (QED) is 0.573. The molecule has 0 aromatic heterocycles. The molecule has 0 saturated carbocycles. The van der Waals surface area contributed by atoms with E-state index in [9.17, 15) is 9.18 Å². The number of anilines is 1. The summed E-state index contributed by atoms with van der Waals surface area (Å²) in [6, 6.07) is 14.1. The fourth-order valence-corrected chi connectivity index (χ4v) is 2.71. The van der Waals surface area contributed by atoms with Crippen molar-refractivity contribution >= 4 is 11.6 Å². The lowest BCUT2D eigenvalue weighted by Crippen LogP contribution is -2.47. The number of benzene rings is 2. The molecule has 1 aliphatic heterocycles. The van der Waals surface area contributed by atoms with Crippen molar-refractivity contribution in [1.29, 1.82) is 0 Å². The summed E-state index contributed by atoms with van der Waals surface area (Å²) in [5.74, 6) is -1.17. The topological polar surface area (TPSA) is 77.2 Å². The van der Waals surface area contributed by atoms with E-state index in [-0.39, 0.29) is 17.8 Å². The fourth-order valence-electron chi connectivity index (χ4n) is 2.71. The van der Waals surface area contributed by atoms with Crippen LogP contribution in [0.5, 0.6) is 0 Å². The third kappa shape index (κ3) is 3.95. The van der Waals surface area contributed by atoms with Crippen LogP contribution in [0.3, 0.4) is 0 Å². The summed E-state index contributed by atoms with van der Waals surface area (Å²) in [4.78, 5) is 12.7. The Balaban J connectivity index is 1.79. The van der Waals surface area contributed by atoms with Crippen LogP contribution in [-0.4, -0.2) is 12.1 Å². The molecule has 1 aliphatic rings. The average molecular weight is 329 g/mol. The molecule has 0 aliphatic carbocycles. The number of hydrogen-bond donors (Lipinski definition) is 5. The number of carbonyl (C=O) groups is 1. The van der Waals surface area contributed by atoms with Crippen LogP contribution < -0.4 is 27.2 Å². The van der Waals surface area contributed by atoms with Crippen LogP contribution in [0.25, 0.3) is 0 Å². The molecule has 1 saturated heterocycles. The molecule has 1 heterocycles. The number of amides is 1. The maximum atomic E-state index is 13.8. The van der Waals surface area contributed by atoms with Gasteiger partial charge in [0.1, 0.15) is 5.82 Å². The predicted molar refractivity (Wildman–Crippen MR) is 89.7 cm³/mol. The van der Waals surface area contributed by atoms with E-state index in [0.29, 0.717) is 6.42 Å². The second kappa shape index (κ2) is 7.50. The molecule has 1 amide bonds. The van der Waals surface area contributed by atoms with Crippen LogP contribution in [0, 0.1) is 18.7 Å². The molecular formula is C17H20FN5O. The molecular weight excluding hydrogens is 309 g/mol. The van der Waals surface area contributed by atoms with E-state index < -0.39 is 11.7 Å². The van der Waals surface area contributed by atoms with Crippen LogP contribution in [0.15, 0.2) is 48.5 Å². The number of hydrogen-bond acceptors (Lipinski definition) is 5. The van der Waals surface area contributed by atoms with E-state index in [2.05, 4.69) is 27.2 Å². The zero-order valence-electron chi connectivity index (χ0n) is 13.3. The highest BCUT2D eigenvalue weighted by Gasteiger charge is 2.31. The van der Waals surface area contributed by atoms with Gasteiger partial charge in [0.25, 0.3) is 0 Å². The van der Waals surface area contributed by atoms with Crippen LogP contribution in [0.2, 0.25) is 0 Å². The second-order valence-corrected chi connectivity index (χ2v) is 5.79. The largest absolute Gasteiger partial charge is 0.323 e. The Bertz CT molecular complexity index is 718. The van der Waals surface area contributed by atoms with Crippen molar-refractivity contribution in [2.24, 2.45) is 5.92 Å². The highest BCUT2D eigenvalue weighted by Crippen LogP contribution is 2.18. The first-order valence-electron chi connectivity index (χ1n) is 7.75. The summed E-state index contributed by atoms with van der Waals surface area (Å²) >= 11 is 0. The molecule has 0 bridgehead atoms. The van der Waals surface area contributed by atoms with E-state index in [1.165, 1.54) is 6.07 Å². The molecule has 6 nitrogen and oxygen atoms in total. The van der Waals surface area contributed by atoms with Gasteiger partial charge in [0.15, 0.2) is 0 Å². The first kappa shape index (κ1) is 16.5. The smallest absolute Gasteiger partial charge is 0.230 e. The molecule has 3 rings (SSSR count). The summed E-state index contributed by atoms with van der Waals surface area (Å²) < 4.78 is 13.8. The van der Waals surface area contributed by atoms with Crippen molar-refractivity contribution in [3.63, 3.8) is 0 Å². The van der Waals surface area contributed by atoms with E-state index in [1.54, 1.807) is 18.2 Å². The van der Waals surface area contributed by atoms with E-state index in [1.807, 2.05) is 31.2 Å². The van der Waals surface area contributed by atoms with Crippen LogP contribution in [-0.2, 0) is 11.2 Å². The van der Waals surface area contributed by atoms with Crippen molar-refractivity contribution in [2.45, 2.75) is 19.5 Å². The molecule has 0 radical (unpaired) electrons. The van der Waals surface area contributed by atoms with Crippen molar-refractivity contribution < 1.29 is 9.18 Å².